The molecule has 0 aromatic rings. The highest BCUT2D eigenvalue weighted by molar-refractivity contribution is 5.85. The summed E-state index contributed by atoms with van der Waals surface area (Å²) < 4.78 is 4.76. The zero-order chi connectivity index (χ0) is 15.5. The van der Waals surface area contributed by atoms with Crippen LogP contribution in [0.25, 0.3) is 0 Å². The number of ketones is 1. The molecular formula is C14H26N2O4. The highest BCUT2D eigenvalue weighted by atomic mass is 16.5. The van der Waals surface area contributed by atoms with E-state index in [1.54, 1.807) is 23.8 Å². The van der Waals surface area contributed by atoms with Crippen LogP contribution in [0.5, 0.6) is 0 Å². The molecule has 0 bridgehead atoms. The van der Waals surface area contributed by atoms with Gasteiger partial charge < -0.3 is 9.64 Å². The quantitative estimate of drug-likeness (QED) is 0.553. The van der Waals surface area contributed by atoms with Crippen LogP contribution < -0.4 is 0 Å². The maximum absolute atomic E-state index is 11.8. The molecule has 20 heavy (non-hydrogen) atoms. The molecule has 0 aliphatic carbocycles. The Kier molecular flexibility index (Phi) is 9.63. The summed E-state index contributed by atoms with van der Waals surface area (Å²) in [6.45, 7) is 7.62. The Morgan fingerprint density at radius 3 is 2.05 bits per heavy atom. The van der Waals surface area contributed by atoms with Gasteiger partial charge in [-0.15, -0.1) is 0 Å². The van der Waals surface area contributed by atoms with Crippen molar-refractivity contribution in [1.29, 1.82) is 0 Å². The molecule has 0 unspecified atom stereocenters. The van der Waals surface area contributed by atoms with Crippen LogP contribution in [0.3, 0.4) is 0 Å². The standard InChI is InChI=1S/C14H26N2O4/c1-5-16(6-2)13(18)11-15(4)10-12(17)8-9-14(19)20-7-3/h5-11H2,1-4H3. The maximum Gasteiger partial charge on any atom is 0.306 e. The van der Waals surface area contributed by atoms with Gasteiger partial charge in [0.25, 0.3) is 0 Å². The van der Waals surface area contributed by atoms with Crippen molar-refractivity contribution in [3.05, 3.63) is 0 Å². The fourth-order valence-corrected chi connectivity index (χ4v) is 1.82. The lowest BCUT2D eigenvalue weighted by Gasteiger charge is -2.22. The minimum Gasteiger partial charge on any atom is -0.466 e. The molecule has 0 saturated carbocycles. The number of nitrogens with zero attached hydrogens (tertiary/aromatic N) is 2. The normalized spacial score (nSPS) is 10.4. The lowest BCUT2D eigenvalue weighted by Crippen LogP contribution is -2.40. The largest absolute Gasteiger partial charge is 0.466 e. The number of esters is 1. The zero-order valence-corrected chi connectivity index (χ0v) is 13.0. The fourth-order valence-electron chi connectivity index (χ4n) is 1.82. The number of carbonyl (C=O) groups is 3. The number of hydrogen-bond acceptors (Lipinski definition) is 5. The average molecular weight is 286 g/mol. The highest BCUT2D eigenvalue weighted by Gasteiger charge is 2.15. The van der Waals surface area contributed by atoms with E-state index in [9.17, 15) is 14.4 Å². The predicted octanol–water partition coefficient (Wildman–Crippen LogP) is 0.699. The Balaban J connectivity index is 4.01. The minimum atomic E-state index is -0.359. The number of ether oxygens (including phenoxy) is 1. The number of hydrogen-bond donors (Lipinski definition) is 0. The third-order valence-electron chi connectivity index (χ3n) is 2.88. The van der Waals surface area contributed by atoms with Crippen LogP contribution in [0.1, 0.15) is 33.6 Å². The molecule has 116 valence electrons. The van der Waals surface area contributed by atoms with Crippen molar-refractivity contribution in [2.45, 2.75) is 33.6 Å². The third-order valence-corrected chi connectivity index (χ3v) is 2.88. The van der Waals surface area contributed by atoms with Gasteiger partial charge in [-0.3, -0.25) is 19.3 Å². The van der Waals surface area contributed by atoms with Crippen LogP contribution in [0.4, 0.5) is 0 Å². The Bertz CT molecular complexity index is 327. The van der Waals surface area contributed by atoms with Crippen molar-refractivity contribution in [2.24, 2.45) is 0 Å². The van der Waals surface area contributed by atoms with Gasteiger partial charge in [0, 0.05) is 19.5 Å². The van der Waals surface area contributed by atoms with Crippen molar-refractivity contribution in [1.82, 2.24) is 9.80 Å². The summed E-state index contributed by atoms with van der Waals surface area (Å²) in [5, 5.41) is 0. The first-order valence-corrected chi connectivity index (χ1v) is 7.08. The van der Waals surface area contributed by atoms with E-state index < -0.39 is 0 Å². The zero-order valence-electron chi connectivity index (χ0n) is 13.0. The van der Waals surface area contributed by atoms with E-state index >= 15 is 0 Å². The Morgan fingerprint density at radius 1 is 0.950 bits per heavy atom. The molecule has 0 atom stereocenters. The van der Waals surface area contributed by atoms with Crippen LogP contribution in [0.2, 0.25) is 0 Å². The lowest BCUT2D eigenvalue weighted by molar-refractivity contribution is -0.144. The SMILES string of the molecule is CCOC(=O)CCC(=O)CN(C)CC(=O)N(CC)CC. The summed E-state index contributed by atoms with van der Waals surface area (Å²) in [6, 6.07) is 0. The van der Waals surface area contributed by atoms with Crippen molar-refractivity contribution in [2.75, 3.05) is 39.8 Å². The molecule has 0 radical (unpaired) electrons. The first kappa shape index (κ1) is 18.6. The summed E-state index contributed by atoms with van der Waals surface area (Å²) in [5.74, 6) is -0.411. The Hall–Kier alpha value is -1.43. The lowest BCUT2D eigenvalue weighted by atomic mass is 10.2. The summed E-state index contributed by atoms with van der Waals surface area (Å²) in [4.78, 5) is 38.1. The van der Waals surface area contributed by atoms with Gasteiger partial charge in [-0.25, -0.2) is 0 Å². The average Bonchev–Trinajstić information content (AvgIpc) is 2.38. The molecule has 0 saturated heterocycles. The van der Waals surface area contributed by atoms with Gasteiger partial charge in [0.1, 0.15) is 5.78 Å². The van der Waals surface area contributed by atoms with Gasteiger partial charge in [-0.05, 0) is 27.8 Å². The first-order valence-electron chi connectivity index (χ1n) is 7.08. The second-order valence-electron chi connectivity index (χ2n) is 4.58. The summed E-state index contributed by atoms with van der Waals surface area (Å²) >= 11 is 0. The van der Waals surface area contributed by atoms with Gasteiger partial charge in [0.2, 0.25) is 5.91 Å². The summed E-state index contributed by atoms with van der Waals surface area (Å²) in [5.41, 5.74) is 0. The fraction of sp³-hybridized carbons (Fsp3) is 0.786. The molecule has 0 aliphatic rings. The molecule has 0 heterocycles. The van der Waals surface area contributed by atoms with E-state index in [0.29, 0.717) is 19.7 Å². The van der Waals surface area contributed by atoms with E-state index in [-0.39, 0.29) is 43.6 Å². The third kappa shape index (κ3) is 7.89. The molecule has 0 aromatic heterocycles. The van der Waals surface area contributed by atoms with Crippen molar-refractivity contribution in [3.63, 3.8) is 0 Å². The van der Waals surface area contributed by atoms with Crippen molar-refractivity contribution in [3.8, 4) is 0 Å². The molecular weight excluding hydrogens is 260 g/mol. The smallest absolute Gasteiger partial charge is 0.306 e. The predicted molar refractivity (Wildman–Crippen MR) is 76.3 cm³/mol. The molecule has 0 aromatic carbocycles. The second kappa shape index (κ2) is 10.4. The molecule has 1 amide bonds. The van der Waals surface area contributed by atoms with E-state index in [1.165, 1.54) is 0 Å². The van der Waals surface area contributed by atoms with Crippen LogP contribution in [-0.2, 0) is 19.1 Å². The first-order chi connectivity index (χ1) is 9.44. The topological polar surface area (TPSA) is 66.9 Å². The van der Waals surface area contributed by atoms with Crippen LogP contribution in [-0.4, -0.2) is 67.3 Å². The van der Waals surface area contributed by atoms with Crippen LogP contribution in [0, 0.1) is 0 Å². The van der Waals surface area contributed by atoms with Crippen LogP contribution >= 0.6 is 0 Å². The van der Waals surface area contributed by atoms with E-state index in [0.717, 1.165) is 0 Å². The number of rotatable bonds is 10. The van der Waals surface area contributed by atoms with Crippen molar-refractivity contribution >= 4 is 17.7 Å². The molecule has 0 fully saturated rings. The minimum absolute atomic E-state index is 0.00990. The molecule has 0 spiro atoms. The van der Waals surface area contributed by atoms with Gasteiger partial charge in [-0.2, -0.15) is 0 Å². The molecule has 0 rings (SSSR count). The van der Waals surface area contributed by atoms with Gasteiger partial charge in [0.05, 0.1) is 26.1 Å². The highest BCUT2D eigenvalue weighted by Crippen LogP contribution is 1.98. The summed E-state index contributed by atoms with van der Waals surface area (Å²) in [7, 11) is 1.73. The second-order valence-corrected chi connectivity index (χ2v) is 4.58. The maximum atomic E-state index is 11.8. The van der Waals surface area contributed by atoms with Gasteiger partial charge in [0.15, 0.2) is 0 Å². The van der Waals surface area contributed by atoms with Gasteiger partial charge in [-0.1, -0.05) is 0 Å². The molecule has 6 nitrogen and oxygen atoms in total. The van der Waals surface area contributed by atoms with E-state index in [1.807, 2.05) is 13.8 Å². The Labute approximate surface area is 121 Å². The summed E-state index contributed by atoms with van der Waals surface area (Å²) in [6.07, 6.45) is 0.257. The Morgan fingerprint density at radius 2 is 1.55 bits per heavy atom. The van der Waals surface area contributed by atoms with E-state index in [4.69, 9.17) is 4.74 Å². The molecule has 0 N–H and O–H groups in total. The number of likely N-dealkylation sites (N-methyl/N-ethyl adjacent to an activating group) is 2. The van der Waals surface area contributed by atoms with Gasteiger partial charge >= 0.3 is 5.97 Å². The number of Topliss-reactive ketones (excluding diaryl/α,β-unsaturated/α-hetero) is 1. The number of amides is 1. The van der Waals surface area contributed by atoms with Crippen LogP contribution in [0.15, 0.2) is 0 Å². The number of carbonyl (C=O) groups excluding carboxylic acids is 3. The molecule has 0 aliphatic heterocycles. The van der Waals surface area contributed by atoms with E-state index in [2.05, 4.69) is 0 Å². The van der Waals surface area contributed by atoms with Crippen molar-refractivity contribution < 1.29 is 19.1 Å². The monoisotopic (exact) mass is 286 g/mol. The molecule has 6 heteroatoms.